The van der Waals surface area contributed by atoms with Gasteiger partial charge in [-0.05, 0) is 28.1 Å². The van der Waals surface area contributed by atoms with Gasteiger partial charge in [0.15, 0.2) is 0 Å². The van der Waals surface area contributed by atoms with Crippen LogP contribution in [0.3, 0.4) is 0 Å². The molecule has 14 heavy (non-hydrogen) atoms. The fraction of sp³-hybridized carbons (Fsp3) is 0. The second-order valence-corrected chi connectivity index (χ2v) is 3.77. The van der Waals surface area contributed by atoms with Crippen LogP contribution in [0, 0.1) is 0 Å². The van der Waals surface area contributed by atoms with Crippen molar-refractivity contribution in [2.24, 2.45) is 5.16 Å². The average molecular weight is 322 g/mol. The summed E-state index contributed by atoms with van der Waals surface area (Å²) in [6, 6.07) is 8.90. The van der Waals surface area contributed by atoms with Crippen LogP contribution in [0.2, 0.25) is 0 Å². The summed E-state index contributed by atoms with van der Waals surface area (Å²) in [5, 5.41) is 11.1. The first-order valence-corrected chi connectivity index (χ1v) is 5.10. The third-order valence-electron chi connectivity index (χ3n) is 1.43. The monoisotopic (exact) mass is 320 g/mol. The lowest BCUT2D eigenvalue weighted by Gasteiger charge is -2.12. The van der Waals surface area contributed by atoms with Gasteiger partial charge >= 0.3 is 0 Å². The highest BCUT2D eigenvalue weighted by Crippen LogP contribution is 2.18. The van der Waals surface area contributed by atoms with E-state index in [9.17, 15) is 4.79 Å². The molecule has 74 valence electrons. The average Bonchev–Trinajstić information content (AvgIpc) is 2.27. The Bertz CT molecular complexity index is 354. The van der Waals surface area contributed by atoms with Crippen LogP contribution < -0.4 is 3.93 Å². The molecule has 1 aromatic rings. The van der Waals surface area contributed by atoms with E-state index in [4.69, 9.17) is 5.21 Å². The van der Waals surface area contributed by atoms with Crippen LogP contribution in [0.5, 0.6) is 0 Å². The Labute approximate surface area is 97.7 Å². The number of carbonyl (C=O) groups is 1. The number of nitrogens with zero attached hydrogens (tertiary/aromatic N) is 2. The third-order valence-corrected chi connectivity index (χ3v) is 2.65. The molecule has 0 unspecified atom stereocenters. The molecule has 0 atom stereocenters. The molecule has 0 spiro atoms. The molecule has 0 fully saturated rings. The number of para-hydroxylation sites is 1. The number of rotatable bonds is 2. The highest BCUT2D eigenvalue weighted by molar-refractivity contribution is 9.19. The van der Waals surface area contributed by atoms with Crippen LogP contribution in [0.25, 0.3) is 0 Å². The highest BCUT2D eigenvalue weighted by atomic mass is 79.9. The van der Waals surface area contributed by atoms with E-state index >= 15 is 0 Å². The summed E-state index contributed by atoms with van der Waals surface area (Å²) in [6.07, 6.45) is 0. The standard InChI is InChI=1S/C8H6Br2N2O2/c9-7(11-14)8(13)12(10)6-4-2-1-3-5-6/h1-5,14H. The molecular formula is C8H6Br2N2O2. The van der Waals surface area contributed by atoms with Crippen LogP contribution in [-0.4, -0.2) is 15.7 Å². The maximum atomic E-state index is 11.4. The van der Waals surface area contributed by atoms with E-state index in [-0.39, 0.29) is 4.62 Å². The van der Waals surface area contributed by atoms with Crippen molar-refractivity contribution in [1.29, 1.82) is 0 Å². The summed E-state index contributed by atoms with van der Waals surface area (Å²) >= 11 is 5.87. The van der Waals surface area contributed by atoms with Crippen molar-refractivity contribution >= 4 is 48.3 Å². The van der Waals surface area contributed by atoms with Crippen LogP contribution in [0.1, 0.15) is 0 Å². The Hall–Kier alpha value is -0.880. The van der Waals surface area contributed by atoms with E-state index < -0.39 is 5.91 Å². The number of anilines is 1. The molecule has 0 saturated heterocycles. The minimum absolute atomic E-state index is 0.168. The van der Waals surface area contributed by atoms with Crippen molar-refractivity contribution in [2.45, 2.75) is 0 Å². The molecule has 6 heteroatoms. The van der Waals surface area contributed by atoms with Crippen LogP contribution in [0.15, 0.2) is 35.5 Å². The number of hydrogen-bond donors (Lipinski definition) is 1. The van der Waals surface area contributed by atoms with Crippen LogP contribution >= 0.6 is 32.1 Å². The van der Waals surface area contributed by atoms with E-state index in [2.05, 4.69) is 37.2 Å². The molecule has 0 saturated carbocycles. The number of oxime groups is 1. The first kappa shape index (κ1) is 11.2. The van der Waals surface area contributed by atoms with Gasteiger partial charge in [0.1, 0.15) is 0 Å². The van der Waals surface area contributed by atoms with E-state index in [1.807, 2.05) is 6.07 Å². The number of carbonyl (C=O) groups excluding carboxylic acids is 1. The number of halogens is 2. The molecule has 0 aliphatic heterocycles. The normalized spacial score (nSPS) is 11.1. The van der Waals surface area contributed by atoms with E-state index in [1.165, 1.54) is 3.93 Å². The van der Waals surface area contributed by atoms with Crippen LogP contribution in [-0.2, 0) is 4.79 Å². The van der Waals surface area contributed by atoms with Crippen molar-refractivity contribution in [1.82, 2.24) is 0 Å². The van der Waals surface area contributed by atoms with Gasteiger partial charge in [0.05, 0.1) is 21.8 Å². The van der Waals surface area contributed by atoms with Gasteiger partial charge in [-0.3, -0.25) is 4.79 Å². The van der Waals surface area contributed by atoms with Crippen LogP contribution in [0.4, 0.5) is 5.69 Å². The molecule has 0 heterocycles. The summed E-state index contributed by atoms with van der Waals surface area (Å²) in [4.78, 5) is 11.4. The second-order valence-electron chi connectivity index (χ2n) is 2.31. The van der Waals surface area contributed by atoms with Gasteiger partial charge in [-0.2, -0.15) is 0 Å². The quantitative estimate of drug-likeness (QED) is 0.394. The zero-order valence-electron chi connectivity index (χ0n) is 6.89. The lowest BCUT2D eigenvalue weighted by Crippen LogP contribution is -2.25. The first-order chi connectivity index (χ1) is 6.66. The fourth-order valence-corrected chi connectivity index (χ4v) is 1.62. The van der Waals surface area contributed by atoms with Crippen molar-refractivity contribution < 1.29 is 10.0 Å². The topological polar surface area (TPSA) is 52.9 Å². The molecule has 0 radical (unpaired) electrons. The Morgan fingerprint density at radius 3 is 2.43 bits per heavy atom. The predicted molar refractivity (Wildman–Crippen MR) is 61.0 cm³/mol. The molecule has 1 amide bonds. The van der Waals surface area contributed by atoms with Crippen molar-refractivity contribution in [3.63, 3.8) is 0 Å². The Morgan fingerprint density at radius 2 is 1.93 bits per heavy atom. The lowest BCUT2D eigenvalue weighted by atomic mass is 10.3. The predicted octanol–water partition coefficient (Wildman–Crippen LogP) is 2.51. The zero-order chi connectivity index (χ0) is 10.6. The SMILES string of the molecule is O=C(C(Br)=NO)N(Br)c1ccccc1. The van der Waals surface area contributed by atoms with Gasteiger partial charge < -0.3 is 5.21 Å². The number of hydrogen-bond acceptors (Lipinski definition) is 3. The second kappa shape index (κ2) is 5.11. The summed E-state index contributed by atoms with van der Waals surface area (Å²) in [7, 11) is 0. The zero-order valence-corrected chi connectivity index (χ0v) is 10.1. The highest BCUT2D eigenvalue weighted by Gasteiger charge is 2.17. The Morgan fingerprint density at radius 1 is 1.36 bits per heavy atom. The summed E-state index contributed by atoms with van der Waals surface area (Å²) in [6.45, 7) is 0. The van der Waals surface area contributed by atoms with Crippen molar-refractivity contribution in [3.05, 3.63) is 30.3 Å². The molecule has 1 aromatic carbocycles. The summed E-state index contributed by atoms with van der Waals surface area (Å²) in [5.41, 5.74) is 0.651. The number of benzene rings is 1. The minimum Gasteiger partial charge on any atom is -0.410 e. The Kier molecular flexibility index (Phi) is 4.09. The Balaban J connectivity index is 2.87. The molecule has 0 aliphatic carbocycles. The van der Waals surface area contributed by atoms with Gasteiger partial charge in [-0.25, -0.2) is 3.93 Å². The van der Waals surface area contributed by atoms with Crippen molar-refractivity contribution in [3.8, 4) is 0 Å². The molecule has 0 aromatic heterocycles. The molecule has 1 N–H and O–H groups in total. The van der Waals surface area contributed by atoms with E-state index in [0.717, 1.165) is 0 Å². The molecule has 1 rings (SSSR count). The minimum atomic E-state index is -0.487. The van der Waals surface area contributed by atoms with Gasteiger partial charge in [0.2, 0.25) is 4.62 Å². The van der Waals surface area contributed by atoms with Gasteiger partial charge in [-0.15, -0.1) is 0 Å². The number of amides is 1. The summed E-state index contributed by atoms with van der Waals surface area (Å²) in [5.74, 6) is -0.487. The largest absolute Gasteiger partial charge is 0.410 e. The van der Waals surface area contributed by atoms with E-state index in [1.54, 1.807) is 24.3 Å². The molecular weight excluding hydrogens is 316 g/mol. The first-order valence-electron chi connectivity index (χ1n) is 3.59. The molecule has 0 bridgehead atoms. The smallest absolute Gasteiger partial charge is 0.297 e. The maximum absolute atomic E-state index is 11.4. The van der Waals surface area contributed by atoms with Gasteiger partial charge in [0, 0.05) is 0 Å². The maximum Gasteiger partial charge on any atom is 0.297 e. The van der Waals surface area contributed by atoms with Gasteiger partial charge in [-0.1, -0.05) is 23.4 Å². The fourth-order valence-electron chi connectivity index (χ4n) is 0.800. The molecule has 0 aliphatic rings. The lowest BCUT2D eigenvalue weighted by molar-refractivity contribution is -0.111. The third kappa shape index (κ3) is 2.55. The van der Waals surface area contributed by atoms with E-state index in [0.29, 0.717) is 5.69 Å². The van der Waals surface area contributed by atoms with Crippen molar-refractivity contribution in [2.75, 3.05) is 3.93 Å². The summed E-state index contributed by atoms with van der Waals surface area (Å²) < 4.78 is 1.02. The molecule has 4 nitrogen and oxygen atoms in total. The van der Waals surface area contributed by atoms with Gasteiger partial charge in [0.25, 0.3) is 5.91 Å².